The molecule has 1 saturated heterocycles. The number of thiazole rings is 1. The summed E-state index contributed by atoms with van der Waals surface area (Å²) in [6, 6.07) is 3.62. The normalized spacial score (nSPS) is 17.5. The minimum absolute atomic E-state index is 0.0560. The van der Waals surface area contributed by atoms with E-state index in [4.69, 9.17) is 4.42 Å². The Morgan fingerprint density at radius 2 is 2.36 bits per heavy atom. The topological polar surface area (TPSA) is 75.4 Å². The van der Waals surface area contributed by atoms with Crippen molar-refractivity contribution in [3.63, 3.8) is 0 Å². The number of hydrogen-bond acceptors (Lipinski definition) is 5. The Balaban J connectivity index is 1.61. The van der Waals surface area contributed by atoms with E-state index in [2.05, 4.69) is 17.2 Å². The highest BCUT2D eigenvalue weighted by molar-refractivity contribution is 7.13. The summed E-state index contributed by atoms with van der Waals surface area (Å²) in [4.78, 5) is 31.1. The van der Waals surface area contributed by atoms with Crippen LogP contribution < -0.4 is 5.32 Å². The number of piperidine rings is 1. The van der Waals surface area contributed by atoms with Crippen LogP contribution in [0.5, 0.6) is 0 Å². The van der Waals surface area contributed by atoms with Crippen molar-refractivity contribution in [2.24, 2.45) is 5.92 Å². The Kier molecular flexibility index (Phi) is 5.86. The maximum absolute atomic E-state index is 12.7. The van der Waals surface area contributed by atoms with Gasteiger partial charge in [-0.1, -0.05) is 13.3 Å². The molecule has 1 atom stereocenters. The number of hydrogen-bond donors (Lipinski definition) is 1. The maximum atomic E-state index is 12.7. The monoisotopic (exact) mass is 361 g/mol. The first kappa shape index (κ1) is 17.7. The highest BCUT2D eigenvalue weighted by Gasteiger charge is 2.29. The number of rotatable bonds is 6. The van der Waals surface area contributed by atoms with Gasteiger partial charge in [-0.05, 0) is 31.4 Å². The molecule has 0 saturated carbocycles. The smallest absolute Gasteiger partial charge is 0.273 e. The summed E-state index contributed by atoms with van der Waals surface area (Å²) in [6.45, 7) is 3.94. The lowest BCUT2D eigenvalue weighted by atomic mass is 9.97. The maximum Gasteiger partial charge on any atom is 0.273 e. The van der Waals surface area contributed by atoms with Gasteiger partial charge in [0.25, 0.3) is 5.91 Å². The molecule has 3 heterocycles. The summed E-state index contributed by atoms with van der Waals surface area (Å²) in [6.07, 6.45) is 5.29. The van der Waals surface area contributed by atoms with Crippen molar-refractivity contribution in [2.45, 2.75) is 32.6 Å². The zero-order chi connectivity index (χ0) is 17.6. The number of aromatic nitrogens is 1. The van der Waals surface area contributed by atoms with Crippen LogP contribution in [-0.2, 0) is 4.79 Å². The molecule has 6 nitrogen and oxygen atoms in total. The third kappa shape index (κ3) is 4.28. The summed E-state index contributed by atoms with van der Waals surface area (Å²) >= 11 is 1.39. The van der Waals surface area contributed by atoms with E-state index in [1.807, 2.05) is 6.07 Å². The van der Waals surface area contributed by atoms with E-state index < -0.39 is 0 Å². The molecule has 2 aromatic rings. The first-order valence-corrected chi connectivity index (χ1v) is 9.63. The average Bonchev–Trinajstić information content (AvgIpc) is 3.32. The number of unbranched alkanes of at least 4 members (excludes halogenated alkanes) is 1. The largest absolute Gasteiger partial charge is 0.462 e. The van der Waals surface area contributed by atoms with Crippen LogP contribution >= 0.6 is 11.3 Å². The van der Waals surface area contributed by atoms with Gasteiger partial charge in [-0.15, -0.1) is 11.3 Å². The Hall–Kier alpha value is -2.15. The fraction of sp³-hybridized carbons (Fsp3) is 0.500. The number of amides is 2. The van der Waals surface area contributed by atoms with Gasteiger partial charge in [0.05, 0.1) is 12.2 Å². The van der Waals surface area contributed by atoms with E-state index in [0.29, 0.717) is 36.1 Å². The number of nitrogens with one attached hydrogen (secondary N) is 1. The lowest BCUT2D eigenvalue weighted by Gasteiger charge is -2.31. The summed E-state index contributed by atoms with van der Waals surface area (Å²) in [5.74, 6) is 0.481. The van der Waals surface area contributed by atoms with Crippen LogP contribution in [-0.4, -0.2) is 41.3 Å². The molecule has 1 N–H and O–H groups in total. The molecule has 0 radical (unpaired) electrons. The lowest BCUT2D eigenvalue weighted by Crippen LogP contribution is -2.45. The first-order valence-electron chi connectivity index (χ1n) is 8.75. The van der Waals surface area contributed by atoms with E-state index in [9.17, 15) is 9.59 Å². The standard InChI is InChI=1S/C18H23N3O3S/c1-2-3-8-19-16(22)13-6-4-9-21(11-13)18(23)14-12-25-17(20-14)15-7-5-10-24-15/h5,7,10,12-13H,2-4,6,8-9,11H2,1H3,(H,19,22). The SMILES string of the molecule is CCCCNC(=O)C1CCCN(C(=O)c2csc(-c3ccco3)n2)C1. The zero-order valence-electron chi connectivity index (χ0n) is 14.4. The van der Waals surface area contributed by atoms with Crippen LogP contribution in [0, 0.1) is 5.92 Å². The van der Waals surface area contributed by atoms with Crippen molar-refractivity contribution in [1.82, 2.24) is 15.2 Å². The molecule has 3 rings (SSSR count). The average molecular weight is 361 g/mol. The van der Waals surface area contributed by atoms with Crippen molar-refractivity contribution in [1.29, 1.82) is 0 Å². The Bertz CT molecular complexity index is 711. The summed E-state index contributed by atoms with van der Waals surface area (Å²) < 4.78 is 5.32. The number of nitrogens with zero attached hydrogens (tertiary/aromatic N) is 2. The Morgan fingerprint density at radius 1 is 1.48 bits per heavy atom. The van der Waals surface area contributed by atoms with E-state index in [1.54, 1.807) is 22.6 Å². The van der Waals surface area contributed by atoms with Gasteiger partial charge in [0.1, 0.15) is 5.69 Å². The van der Waals surface area contributed by atoms with Gasteiger partial charge in [-0.25, -0.2) is 4.98 Å². The molecule has 25 heavy (non-hydrogen) atoms. The number of likely N-dealkylation sites (tertiary alicyclic amines) is 1. The highest BCUT2D eigenvalue weighted by atomic mass is 32.1. The van der Waals surface area contributed by atoms with E-state index in [-0.39, 0.29) is 17.7 Å². The molecule has 1 fully saturated rings. The van der Waals surface area contributed by atoms with E-state index >= 15 is 0 Å². The van der Waals surface area contributed by atoms with Crippen molar-refractivity contribution in [2.75, 3.05) is 19.6 Å². The third-order valence-corrected chi connectivity index (χ3v) is 5.22. The van der Waals surface area contributed by atoms with Gasteiger partial charge in [0, 0.05) is 25.0 Å². The number of carbonyl (C=O) groups excluding carboxylic acids is 2. The minimum atomic E-state index is -0.127. The van der Waals surface area contributed by atoms with E-state index in [0.717, 1.165) is 25.7 Å². The van der Waals surface area contributed by atoms with Crippen LogP contribution in [0.1, 0.15) is 43.1 Å². The number of carbonyl (C=O) groups is 2. The molecule has 0 spiro atoms. The summed E-state index contributed by atoms with van der Waals surface area (Å²) in [5.41, 5.74) is 0.420. The fourth-order valence-corrected chi connectivity index (χ4v) is 3.72. The molecule has 2 amide bonds. The van der Waals surface area contributed by atoms with Gasteiger partial charge >= 0.3 is 0 Å². The second-order valence-electron chi connectivity index (χ2n) is 6.25. The van der Waals surface area contributed by atoms with Crippen LogP contribution in [0.4, 0.5) is 0 Å². The van der Waals surface area contributed by atoms with Gasteiger partial charge < -0.3 is 14.6 Å². The van der Waals surface area contributed by atoms with Crippen LogP contribution in [0.3, 0.4) is 0 Å². The quantitative estimate of drug-likeness (QED) is 0.802. The summed E-state index contributed by atoms with van der Waals surface area (Å²) in [5, 5.41) is 5.42. The minimum Gasteiger partial charge on any atom is -0.462 e. The van der Waals surface area contributed by atoms with Gasteiger partial charge in [-0.2, -0.15) is 0 Å². The third-order valence-electron chi connectivity index (χ3n) is 4.36. The second-order valence-corrected chi connectivity index (χ2v) is 7.11. The van der Waals surface area contributed by atoms with Crippen LogP contribution in [0.2, 0.25) is 0 Å². The fourth-order valence-electron chi connectivity index (χ4n) is 2.96. The Morgan fingerprint density at radius 3 is 3.12 bits per heavy atom. The predicted molar refractivity (Wildman–Crippen MR) is 96.4 cm³/mol. The van der Waals surface area contributed by atoms with Crippen LogP contribution in [0.15, 0.2) is 28.2 Å². The molecule has 7 heteroatoms. The van der Waals surface area contributed by atoms with E-state index in [1.165, 1.54) is 11.3 Å². The van der Waals surface area contributed by atoms with Crippen molar-refractivity contribution < 1.29 is 14.0 Å². The molecule has 0 bridgehead atoms. The van der Waals surface area contributed by atoms with Gasteiger partial charge in [0.15, 0.2) is 10.8 Å². The lowest BCUT2D eigenvalue weighted by molar-refractivity contribution is -0.126. The van der Waals surface area contributed by atoms with Crippen molar-refractivity contribution in [3.05, 3.63) is 29.5 Å². The van der Waals surface area contributed by atoms with Crippen molar-refractivity contribution >= 4 is 23.2 Å². The second kappa shape index (κ2) is 8.29. The first-order chi connectivity index (χ1) is 12.2. The van der Waals surface area contributed by atoms with Gasteiger partial charge in [-0.3, -0.25) is 9.59 Å². The molecule has 1 aliphatic rings. The van der Waals surface area contributed by atoms with Crippen LogP contribution in [0.25, 0.3) is 10.8 Å². The molecular weight excluding hydrogens is 338 g/mol. The Labute approximate surface area is 151 Å². The number of furan rings is 1. The molecular formula is C18H23N3O3S. The molecule has 2 aromatic heterocycles. The molecule has 0 aromatic carbocycles. The molecule has 134 valence electrons. The molecule has 1 aliphatic heterocycles. The predicted octanol–water partition coefficient (Wildman–Crippen LogP) is 3.17. The van der Waals surface area contributed by atoms with Crippen molar-refractivity contribution in [3.8, 4) is 10.8 Å². The molecule has 0 aliphatic carbocycles. The summed E-state index contributed by atoms with van der Waals surface area (Å²) in [7, 11) is 0. The molecule has 1 unspecified atom stereocenters. The zero-order valence-corrected chi connectivity index (χ0v) is 15.2. The highest BCUT2D eigenvalue weighted by Crippen LogP contribution is 2.25. The van der Waals surface area contributed by atoms with Gasteiger partial charge in [0.2, 0.25) is 5.91 Å².